The highest BCUT2D eigenvalue weighted by molar-refractivity contribution is 5.61. The quantitative estimate of drug-likeness (QED) is 0.582. The topological polar surface area (TPSA) is 38.2 Å². The van der Waals surface area contributed by atoms with Crippen molar-refractivity contribution in [2.24, 2.45) is 5.41 Å². The van der Waals surface area contributed by atoms with Crippen molar-refractivity contribution in [1.29, 1.82) is 0 Å². The first-order valence-electron chi connectivity index (χ1n) is 11.1. The van der Waals surface area contributed by atoms with Crippen molar-refractivity contribution in [3.8, 4) is 17.1 Å². The molecule has 0 bridgehead atoms. The lowest BCUT2D eigenvalue weighted by Crippen LogP contribution is -2.47. The third kappa shape index (κ3) is 5.09. The summed E-state index contributed by atoms with van der Waals surface area (Å²) in [4.78, 5) is 12.1. The number of anilines is 1. The van der Waals surface area contributed by atoms with Crippen molar-refractivity contribution in [1.82, 2.24) is 9.97 Å². The van der Waals surface area contributed by atoms with Crippen LogP contribution in [0, 0.1) is 5.41 Å². The summed E-state index contributed by atoms with van der Waals surface area (Å²) in [7, 11) is 0. The first-order valence-corrected chi connectivity index (χ1v) is 11.1. The number of hydrogen-bond donors (Lipinski definition) is 0. The fourth-order valence-corrected chi connectivity index (χ4v) is 4.26. The molecule has 4 nitrogen and oxygen atoms in total. The number of rotatable bonds is 5. The fourth-order valence-electron chi connectivity index (χ4n) is 4.26. The van der Waals surface area contributed by atoms with Gasteiger partial charge in [0.15, 0.2) is 5.82 Å². The zero-order valence-corrected chi connectivity index (χ0v) is 19.2. The maximum atomic E-state index is 6.11. The SMILES string of the molecule is CC(C)Oc1cc(-c2nccc(N3CCCCC3C(C)(C)C)n2)ccc1C(C)C. The van der Waals surface area contributed by atoms with Crippen molar-refractivity contribution < 1.29 is 4.74 Å². The number of ether oxygens (including phenoxy) is 1. The normalized spacial score (nSPS) is 17.8. The summed E-state index contributed by atoms with van der Waals surface area (Å²) in [5.41, 5.74) is 2.46. The van der Waals surface area contributed by atoms with Gasteiger partial charge in [-0.25, -0.2) is 9.97 Å². The van der Waals surface area contributed by atoms with Crippen molar-refractivity contribution in [3.63, 3.8) is 0 Å². The minimum atomic E-state index is 0.135. The summed E-state index contributed by atoms with van der Waals surface area (Å²) >= 11 is 0. The van der Waals surface area contributed by atoms with E-state index in [1.54, 1.807) is 0 Å². The molecular weight excluding hydrogens is 358 g/mol. The molecular formula is C25H37N3O. The lowest BCUT2D eigenvalue weighted by atomic mass is 9.80. The van der Waals surface area contributed by atoms with Crippen LogP contribution in [0.1, 0.15) is 79.2 Å². The Morgan fingerprint density at radius 3 is 2.48 bits per heavy atom. The average Bonchev–Trinajstić information content (AvgIpc) is 2.66. The van der Waals surface area contributed by atoms with E-state index in [9.17, 15) is 0 Å². The summed E-state index contributed by atoms with van der Waals surface area (Å²) in [5, 5.41) is 0. The monoisotopic (exact) mass is 395 g/mol. The number of piperidine rings is 1. The molecule has 0 spiro atoms. The highest BCUT2D eigenvalue weighted by Gasteiger charge is 2.33. The van der Waals surface area contributed by atoms with Crippen LogP contribution in [0.25, 0.3) is 11.4 Å². The number of benzene rings is 1. The average molecular weight is 396 g/mol. The van der Waals surface area contributed by atoms with E-state index in [0.717, 1.165) is 29.5 Å². The zero-order chi connectivity index (χ0) is 21.2. The van der Waals surface area contributed by atoms with Crippen molar-refractivity contribution in [2.75, 3.05) is 11.4 Å². The van der Waals surface area contributed by atoms with Gasteiger partial charge in [0.1, 0.15) is 11.6 Å². The lowest BCUT2D eigenvalue weighted by molar-refractivity contribution is 0.239. The Bertz CT molecular complexity index is 823. The largest absolute Gasteiger partial charge is 0.491 e. The van der Waals surface area contributed by atoms with Gasteiger partial charge in [-0.15, -0.1) is 0 Å². The van der Waals surface area contributed by atoms with Crippen LogP contribution in [-0.2, 0) is 0 Å². The van der Waals surface area contributed by atoms with Crippen LogP contribution < -0.4 is 9.64 Å². The van der Waals surface area contributed by atoms with Crippen LogP contribution in [-0.4, -0.2) is 28.7 Å². The van der Waals surface area contributed by atoms with Gasteiger partial charge in [-0.3, -0.25) is 0 Å². The second kappa shape index (κ2) is 8.73. The van der Waals surface area contributed by atoms with E-state index in [2.05, 4.69) is 82.6 Å². The Hall–Kier alpha value is -2.10. The molecule has 1 aliphatic heterocycles. The van der Waals surface area contributed by atoms with E-state index in [0.29, 0.717) is 12.0 Å². The molecule has 1 unspecified atom stereocenters. The Morgan fingerprint density at radius 2 is 1.83 bits per heavy atom. The summed E-state index contributed by atoms with van der Waals surface area (Å²) < 4.78 is 6.11. The highest BCUT2D eigenvalue weighted by Crippen LogP contribution is 2.36. The van der Waals surface area contributed by atoms with E-state index >= 15 is 0 Å². The Labute approximate surface area is 176 Å². The van der Waals surface area contributed by atoms with Crippen molar-refractivity contribution >= 4 is 5.82 Å². The molecule has 1 saturated heterocycles. The van der Waals surface area contributed by atoms with Crippen LogP contribution >= 0.6 is 0 Å². The first-order chi connectivity index (χ1) is 13.7. The van der Waals surface area contributed by atoms with Gasteiger partial charge in [0.05, 0.1) is 6.10 Å². The minimum Gasteiger partial charge on any atom is -0.491 e. The fraction of sp³-hybridized carbons (Fsp3) is 0.600. The third-order valence-corrected chi connectivity index (χ3v) is 5.69. The van der Waals surface area contributed by atoms with Gasteiger partial charge in [0.2, 0.25) is 0 Å². The standard InChI is InChI=1S/C25H37N3O/c1-17(2)20-12-11-19(16-21(20)29-18(3)4)24-26-14-13-23(27-24)28-15-9-8-10-22(28)25(5,6)7/h11-14,16-18,22H,8-10,15H2,1-7H3. The molecule has 0 radical (unpaired) electrons. The maximum absolute atomic E-state index is 6.11. The van der Waals surface area contributed by atoms with Gasteiger partial charge in [0.25, 0.3) is 0 Å². The van der Waals surface area contributed by atoms with Crippen LogP contribution in [0.5, 0.6) is 5.75 Å². The van der Waals surface area contributed by atoms with Crippen LogP contribution in [0.4, 0.5) is 5.82 Å². The van der Waals surface area contributed by atoms with Crippen LogP contribution in [0.3, 0.4) is 0 Å². The molecule has 29 heavy (non-hydrogen) atoms. The molecule has 4 heteroatoms. The smallest absolute Gasteiger partial charge is 0.161 e. The van der Waals surface area contributed by atoms with E-state index in [-0.39, 0.29) is 11.5 Å². The predicted molar refractivity (Wildman–Crippen MR) is 122 cm³/mol. The molecule has 3 rings (SSSR count). The van der Waals surface area contributed by atoms with Crippen molar-refractivity contribution in [3.05, 3.63) is 36.0 Å². The maximum Gasteiger partial charge on any atom is 0.161 e. The molecule has 1 aromatic carbocycles. The minimum absolute atomic E-state index is 0.135. The van der Waals surface area contributed by atoms with Gasteiger partial charge in [-0.1, -0.05) is 46.8 Å². The number of nitrogens with zero attached hydrogens (tertiary/aromatic N) is 3. The Morgan fingerprint density at radius 1 is 1.07 bits per heavy atom. The van der Waals surface area contributed by atoms with E-state index in [1.165, 1.54) is 24.8 Å². The Kier molecular flexibility index (Phi) is 6.50. The van der Waals surface area contributed by atoms with E-state index in [1.807, 2.05) is 6.20 Å². The molecule has 1 atom stereocenters. The highest BCUT2D eigenvalue weighted by atomic mass is 16.5. The molecule has 0 aliphatic carbocycles. The van der Waals surface area contributed by atoms with Gasteiger partial charge in [0, 0.05) is 24.3 Å². The second-order valence-corrected chi connectivity index (χ2v) is 9.88. The second-order valence-electron chi connectivity index (χ2n) is 9.88. The molecule has 158 valence electrons. The zero-order valence-electron chi connectivity index (χ0n) is 19.2. The lowest BCUT2D eigenvalue weighted by Gasteiger charge is -2.44. The summed E-state index contributed by atoms with van der Waals surface area (Å²) in [5.74, 6) is 3.15. The van der Waals surface area contributed by atoms with E-state index in [4.69, 9.17) is 9.72 Å². The van der Waals surface area contributed by atoms with Crippen LogP contribution in [0.2, 0.25) is 0 Å². The number of hydrogen-bond acceptors (Lipinski definition) is 4. The first kappa shape index (κ1) is 21.6. The van der Waals surface area contributed by atoms with Gasteiger partial charge < -0.3 is 9.64 Å². The van der Waals surface area contributed by atoms with Gasteiger partial charge in [-0.2, -0.15) is 0 Å². The summed E-state index contributed by atoms with van der Waals surface area (Å²) in [6.07, 6.45) is 5.77. The summed E-state index contributed by atoms with van der Waals surface area (Å²) in [6.45, 7) is 16.6. The molecule has 1 aromatic heterocycles. The third-order valence-electron chi connectivity index (χ3n) is 5.69. The molecule has 0 saturated carbocycles. The number of aromatic nitrogens is 2. The Balaban J connectivity index is 1.97. The van der Waals surface area contributed by atoms with Crippen LogP contribution in [0.15, 0.2) is 30.5 Å². The van der Waals surface area contributed by atoms with Gasteiger partial charge in [-0.05, 0) is 62.1 Å². The van der Waals surface area contributed by atoms with E-state index < -0.39 is 0 Å². The molecule has 2 heterocycles. The van der Waals surface area contributed by atoms with Gasteiger partial charge >= 0.3 is 0 Å². The molecule has 2 aromatic rings. The van der Waals surface area contributed by atoms with Crippen molar-refractivity contribution in [2.45, 2.75) is 85.8 Å². The molecule has 1 aliphatic rings. The molecule has 0 amide bonds. The molecule has 1 fully saturated rings. The molecule has 0 N–H and O–H groups in total. The predicted octanol–water partition coefficient (Wildman–Crippen LogP) is 6.46. The summed E-state index contributed by atoms with van der Waals surface area (Å²) in [6, 6.07) is 8.95.